The van der Waals surface area contributed by atoms with Gasteiger partial charge < -0.3 is 14.5 Å². The first-order valence-electron chi connectivity index (χ1n) is 11.0. The Hall–Kier alpha value is -1.97. The standard InChI is InChI=1S/C22H33N3O5S/c1-3-8-21(26)25-13-7-11-19(23-31(2,28)29)20(25)16-30-18-12-14-24(15-18)22(27)17-9-5-4-6-10-17/h4-6,9-10,18-20,23H,3,7-8,11-16H2,1-2H3/t18-,19-,20-/m0/s1. The number of amides is 2. The molecule has 0 saturated carbocycles. The van der Waals surface area contributed by atoms with E-state index in [1.54, 1.807) is 21.9 Å². The van der Waals surface area contributed by atoms with Gasteiger partial charge in [-0.05, 0) is 37.8 Å². The molecule has 2 fully saturated rings. The summed E-state index contributed by atoms with van der Waals surface area (Å²) in [5.74, 6) is 0.0177. The number of rotatable bonds is 8. The molecule has 3 rings (SSSR count). The van der Waals surface area contributed by atoms with E-state index >= 15 is 0 Å². The lowest BCUT2D eigenvalue weighted by atomic mass is 9.96. The molecule has 1 aromatic rings. The molecule has 0 aliphatic carbocycles. The number of ether oxygens (including phenoxy) is 1. The zero-order valence-electron chi connectivity index (χ0n) is 18.3. The van der Waals surface area contributed by atoms with Gasteiger partial charge in [-0.3, -0.25) is 9.59 Å². The van der Waals surface area contributed by atoms with Crippen LogP contribution in [0.1, 0.15) is 49.4 Å². The third-order valence-electron chi connectivity index (χ3n) is 5.88. The fourth-order valence-electron chi connectivity index (χ4n) is 4.39. The summed E-state index contributed by atoms with van der Waals surface area (Å²) in [4.78, 5) is 28.9. The van der Waals surface area contributed by atoms with Crippen molar-refractivity contribution < 1.29 is 22.7 Å². The quantitative estimate of drug-likeness (QED) is 0.648. The minimum Gasteiger partial charge on any atom is -0.374 e. The van der Waals surface area contributed by atoms with Crippen molar-refractivity contribution in [2.75, 3.05) is 32.5 Å². The van der Waals surface area contributed by atoms with Crippen LogP contribution in [0.3, 0.4) is 0 Å². The van der Waals surface area contributed by atoms with Gasteiger partial charge in [0.2, 0.25) is 15.9 Å². The number of nitrogens with zero attached hydrogens (tertiary/aromatic N) is 2. The molecule has 31 heavy (non-hydrogen) atoms. The number of carbonyl (C=O) groups excluding carboxylic acids is 2. The molecule has 1 N–H and O–H groups in total. The number of hydrogen-bond donors (Lipinski definition) is 1. The summed E-state index contributed by atoms with van der Waals surface area (Å²) in [6.45, 7) is 3.93. The molecule has 3 atom stereocenters. The molecule has 2 amide bonds. The van der Waals surface area contributed by atoms with Gasteiger partial charge in [0, 0.05) is 37.7 Å². The van der Waals surface area contributed by atoms with Crippen LogP contribution < -0.4 is 4.72 Å². The Morgan fingerprint density at radius 1 is 1.16 bits per heavy atom. The Balaban J connectivity index is 1.63. The summed E-state index contributed by atoms with van der Waals surface area (Å²) in [6.07, 6.45) is 4.33. The Morgan fingerprint density at radius 3 is 2.58 bits per heavy atom. The van der Waals surface area contributed by atoms with Crippen LogP contribution in [0.25, 0.3) is 0 Å². The first-order valence-corrected chi connectivity index (χ1v) is 12.9. The van der Waals surface area contributed by atoms with E-state index in [2.05, 4.69) is 4.72 Å². The molecule has 2 saturated heterocycles. The van der Waals surface area contributed by atoms with Crippen molar-refractivity contribution in [3.05, 3.63) is 35.9 Å². The molecular formula is C22H33N3O5S. The highest BCUT2D eigenvalue weighted by Crippen LogP contribution is 2.23. The Bertz CT molecular complexity index is 861. The first-order chi connectivity index (χ1) is 14.8. The highest BCUT2D eigenvalue weighted by molar-refractivity contribution is 7.88. The fraction of sp³-hybridized carbons (Fsp3) is 0.636. The maximum atomic E-state index is 12.7. The molecular weight excluding hydrogens is 418 g/mol. The molecule has 9 heteroatoms. The summed E-state index contributed by atoms with van der Waals surface area (Å²) < 4.78 is 32.6. The second-order valence-corrected chi connectivity index (χ2v) is 10.2. The van der Waals surface area contributed by atoms with Gasteiger partial charge in [-0.15, -0.1) is 0 Å². The van der Waals surface area contributed by atoms with Crippen molar-refractivity contribution in [3.8, 4) is 0 Å². The minimum atomic E-state index is -3.40. The number of carbonyl (C=O) groups is 2. The molecule has 0 aromatic heterocycles. The minimum absolute atomic E-state index is 0.0132. The van der Waals surface area contributed by atoms with Crippen LogP contribution in [-0.2, 0) is 19.6 Å². The van der Waals surface area contributed by atoms with Crippen LogP contribution >= 0.6 is 0 Å². The largest absolute Gasteiger partial charge is 0.374 e. The predicted octanol–water partition coefficient (Wildman–Crippen LogP) is 1.63. The maximum Gasteiger partial charge on any atom is 0.253 e. The zero-order valence-corrected chi connectivity index (χ0v) is 19.1. The average molecular weight is 452 g/mol. The maximum absolute atomic E-state index is 12.7. The van der Waals surface area contributed by atoms with Gasteiger partial charge in [0.05, 0.1) is 25.0 Å². The molecule has 172 valence electrons. The second kappa shape index (κ2) is 10.6. The monoisotopic (exact) mass is 451 g/mol. The molecule has 0 unspecified atom stereocenters. The predicted molar refractivity (Wildman–Crippen MR) is 118 cm³/mol. The number of likely N-dealkylation sites (tertiary alicyclic amines) is 2. The van der Waals surface area contributed by atoms with Crippen molar-refractivity contribution in [2.45, 2.75) is 57.2 Å². The van der Waals surface area contributed by atoms with Crippen LogP contribution in [0.15, 0.2) is 30.3 Å². The summed E-state index contributed by atoms with van der Waals surface area (Å²) in [5, 5.41) is 0. The van der Waals surface area contributed by atoms with Gasteiger partial charge in [-0.25, -0.2) is 13.1 Å². The van der Waals surface area contributed by atoms with E-state index in [0.717, 1.165) is 25.5 Å². The highest BCUT2D eigenvalue weighted by Gasteiger charge is 2.37. The topological polar surface area (TPSA) is 96.0 Å². The van der Waals surface area contributed by atoms with Crippen molar-refractivity contribution in [1.82, 2.24) is 14.5 Å². The van der Waals surface area contributed by atoms with Crippen LogP contribution in [-0.4, -0.2) is 80.7 Å². The van der Waals surface area contributed by atoms with E-state index in [0.29, 0.717) is 38.0 Å². The number of sulfonamides is 1. The third kappa shape index (κ3) is 6.51. The fourth-order valence-corrected chi connectivity index (χ4v) is 5.21. The average Bonchev–Trinajstić information content (AvgIpc) is 3.21. The van der Waals surface area contributed by atoms with Crippen molar-refractivity contribution in [2.24, 2.45) is 0 Å². The molecule has 2 heterocycles. The van der Waals surface area contributed by atoms with Crippen LogP contribution in [0, 0.1) is 0 Å². The van der Waals surface area contributed by atoms with Gasteiger partial charge >= 0.3 is 0 Å². The second-order valence-electron chi connectivity index (χ2n) is 8.40. The summed E-state index contributed by atoms with van der Waals surface area (Å²) in [6, 6.07) is 8.46. The summed E-state index contributed by atoms with van der Waals surface area (Å²) >= 11 is 0. The lowest BCUT2D eigenvalue weighted by molar-refractivity contribution is -0.138. The van der Waals surface area contributed by atoms with Gasteiger partial charge in [0.25, 0.3) is 5.91 Å². The van der Waals surface area contributed by atoms with Gasteiger partial charge in [0.15, 0.2) is 0 Å². The molecule has 2 aliphatic rings. The Labute approximate surface area is 185 Å². The SMILES string of the molecule is CCCC(=O)N1CCC[C@H](NS(C)(=O)=O)[C@@H]1CO[C@H]1CCN(C(=O)c2ccccc2)C1. The first kappa shape index (κ1) is 23.7. The summed E-state index contributed by atoms with van der Waals surface area (Å²) in [7, 11) is -3.40. The van der Waals surface area contributed by atoms with Crippen LogP contribution in [0.5, 0.6) is 0 Å². The van der Waals surface area contributed by atoms with E-state index in [1.807, 2.05) is 25.1 Å². The number of nitrogens with one attached hydrogen (secondary N) is 1. The lowest BCUT2D eigenvalue weighted by Crippen LogP contribution is -2.59. The van der Waals surface area contributed by atoms with Crippen LogP contribution in [0.4, 0.5) is 0 Å². The summed E-state index contributed by atoms with van der Waals surface area (Å²) in [5.41, 5.74) is 0.657. The molecule has 8 nitrogen and oxygen atoms in total. The Kier molecular flexibility index (Phi) is 8.07. The van der Waals surface area contributed by atoms with Crippen molar-refractivity contribution in [3.63, 3.8) is 0 Å². The van der Waals surface area contributed by atoms with Gasteiger partial charge in [-0.1, -0.05) is 25.1 Å². The zero-order chi connectivity index (χ0) is 22.4. The molecule has 1 aromatic carbocycles. The molecule has 0 radical (unpaired) electrons. The van der Waals surface area contributed by atoms with E-state index in [-0.39, 0.29) is 36.6 Å². The van der Waals surface area contributed by atoms with Gasteiger partial charge in [-0.2, -0.15) is 0 Å². The Morgan fingerprint density at radius 2 is 1.90 bits per heavy atom. The highest BCUT2D eigenvalue weighted by atomic mass is 32.2. The van der Waals surface area contributed by atoms with Gasteiger partial charge in [0.1, 0.15) is 0 Å². The molecule has 0 spiro atoms. The van der Waals surface area contributed by atoms with E-state index in [4.69, 9.17) is 4.74 Å². The van der Waals surface area contributed by atoms with Crippen molar-refractivity contribution >= 4 is 21.8 Å². The molecule has 2 aliphatic heterocycles. The molecule has 0 bridgehead atoms. The number of hydrogen-bond acceptors (Lipinski definition) is 5. The number of piperidine rings is 1. The number of benzene rings is 1. The lowest BCUT2D eigenvalue weighted by Gasteiger charge is -2.41. The smallest absolute Gasteiger partial charge is 0.253 e. The third-order valence-corrected chi connectivity index (χ3v) is 6.62. The van der Waals surface area contributed by atoms with E-state index in [1.165, 1.54) is 0 Å². The van der Waals surface area contributed by atoms with E-state index < -0.39 is 10.0 Å². The van der Waals surface area contributed by atoms with E-state index in [9.17, 15) is 18.0 Å². The van der Waals surface area contributed by atoms with Crippen LogP contribution in [0.2, 0.25) is 0 Å². The van der Waals surface area contributed by atoms with Crippen molar-refractivity contribution in [1.29, 1.82) is 0 Å². The normalized spacial score (nSPS) is 24.4.